The van der Waals surface area contributed by atoms with Crippen LogP contribution in [0.5, 0.6) is 0 Å². The molecular formula is C20H22N4O. The first kappa shape index (κ1) is 16.0. The fraction of sp³-hybridized carbons (Fsp3) is 0.350. The van der Waals surface area contributed by atoms with Crippen LogP contribution in [0.25, 0.3) is 11.5 Å². The molecule has 1 fully saturated rings. The summed E-state index contributed by atoms with van der Waals surface area (Å²) < 4.78 is 5.93. The van der Waals surface area contributed by atoms with Gasteiger partial charge in [0.05, 0.1) is 11.5 Å². The van der Waals surface area contributed by atoms with Crippen molar-refractivity contribution in [3.63, 3.8) is 0 Å². The predicted octanol–water partition coefficient (Wildman–Crippen LogP) is 3.55. The summed E-state index contributed by atoms with van der Waals surface area (Å²) in [5, 5.41) is 8.50. The Bertz CT molecular complexity index is 788. The van der Waals surface area contributed by atoms with Gasteiger partial charge in [0, 0.05) is 25.5 Å². The molecule has 1 atom stereocenters. The van der Waals surface area contributed by atoms with Gasteiger partial charge in [0.25, 0.3) is 0 Å². The van der Waals surface area contributed by atoms with Crippen molar-refractivity contribution >= 4 is 0 Å². The van der Waals surface area contributed by atoms with Crippen LogP contribution < -0.4 is 0 Å². The smallest absolute Gasteiger partial charge is 0.249 e. The minimum absolute atomic E-state index is 0.322. The first-order valence-electron chi connectivity index (χ1n) is 8.88. The fourth-order valence-corrected chi connectivity index (χ4v) is 3.40. The van der Waals surface area contributed by atoms with Crippen molar-refractivity contribution in [3.05, 3.63) is 66.3 Å². The number of hydrogen-bond acceptors (Lipinski definition) is 5. The summed E-state index contributed by atoms with van der Waals surface area (Å²) in [5.41, 5.74) is 2.26. The van der Waals surface area contributed by atoms with E-state index in [0.29, 0.717) is 11.8 Å². The average Bonchev–Trinajstić information content (AvgIpc) is 3.18. The highest BCUT2D eigenvalue weighted by atomic mass is 16.4. The first-order valence-corrected chi connectivity index (χ1v) is 8.88. The minimum atomic E-state index is 0.322. The Morgan fingerprint density at radius 1 is 1.08 bits per heavy atom. The van der Waals surface area contributed by atoms with Gasteiger partial charge < -0.3 is 9.32 Å². The maximum Gasteiger partial charge on any atom is 0.249 e. The lowest BCUT2D eigenvalue weighted by Crippen LogP contribution is -2.35. The number of piperidine rings is 1. The lowest BCUT2D eigenvalue weighted by atomic mass is 9.97. The van der Waals surface area contributed by atoms with Gasteiger partial charge in [0.15, 0.2) is 0 Å². The molecule has 0 aliphatic carbocycles. The van der Waals surface area contributed by atoms with Crippen LogP contribution in [0, 0.1) is 0 Å². The second-order valence-corrected chi connectivity index (χ2v) is 6.56. The van der Waals surface area contributed by atoms with E-state index in [9.17, 15) is 0 Å². The van der Waals surface area contributed by atoms with E-state index in [1.807, 2.05) is 12.1 Å². The van der Waals surface area contributed by atoms with Crippen LogP contribution in [0.4, 0.5) is 0 Å². The molecule has 1 aromatic carbocycles. The molecule has 4 rings (SSSR count). The third-order valence-electron chi connectivity index (χ3n) is 4.76. The monoisotopic (exact) mass is 334 g/mol. The Labute approximate surface area is 147 Å². The van der Waals surface area contributed by atoms with E-state index in [1.54, 1.807) is 12.4 Å². The average molecular weight is 334 g/mol. The molecule has 25 heavy (non-hydrogen) atoms. The summed E-state index contributed by atoms with van der Waals surface area (Å²) >= 11 is 0. The van der Waals surface area contributed by atoms with Crippen LogP contribution in [0.15, 0.2) is 59.3 Å². The Hall–Kier alpha value is -2.53. The molecule has 128 valence electrons. The van der Waals surface area contributed by atoms with Gasteiger partial charge in [-0.3, -0.25) is 4.98 Å². The van der Waals surface area contributed by atoms with E-state index < -0.39 is 0 Å². The SMILES string of the molecule is c1ccc(CCN2CCC[C@@H](c3nnc(-c4cccnc4)o3)C2)cc1. The number of aromatic nitrogens is 3. The summed E-state index contributed by atoms with van der Waals surface area (Å²) in [6, 6.07) is 14.5. The van der Waals surface area contributed by atoms with Crippen LogP contribution >= 0.6 is 0 Å². The molecule has 5 nitrogen and oxygen atoms in total. The summed E-state index contributed by atoms with van der Waals surface area (Å²) in [6.07, 6.45) is 6.86. The molecule has 0 bridgehead atoms. The summed E-state index contributed by atoms with van der Waals surface area (Å²) in [5.74, 6) is 1.63. The van der Waals surface area contributed by atoms with Crippen LogP contribution in [0.2, 0.25) is 0 Å². The summed E-state index contributed by atoms with van der Waals surface area (Å²) in [6.45, 7) is 3.21. The highest BCUT2D eigenvalue weighted by Gasteiger charge is 2.25. The zero-order valence-corrected chi connectivity index (χ0v) is 14.2. The molecule has 0 amide bonds. The molecule has 0 unspecified atom stereocenters. The highest BCUT2D eigenvalue weighted by molar-refractivity contribution is 5.50. The molecular weight excluding hydrogens is 312 g/mol. The van der Waals surface area contributed by atoms with Crippen LogP contribution in [-0.2, 0) is 6.42 Å². The Balaban J connectivity index is 1.39. The van der Waals surface area contributed by atoms with Gasteiger partial charge in [-0.2, -0.15) is 0 Å². The van der Waals surface area contributed by atoms with E-state index in [0.717, 1.165) is 43.9 Å². The first-order chi connectivity index (χ1) is 12.4. The van der Waals surface area contributed by atoms with Gasteiger partial charge in [0.1, 0.15) is 0 Å². The topological polar surface area (TPSA) is 55.1 Å². The molecule has 0 spiro atoms. The number of rotatable bonds is 5. The number of hydrogen-bond donors (Lipinski definition) is 0. The lowest BCUT2D eigenvalue weighted by Gasteiger charge is -2.30. The Morgan fingerprint density at radius 2 is 2.00 bits per heavy atom. The molecule has 0 N–H and O–H groups in total. The second-order valence-electron chi connectivity index (χ2n) is 6.56. The third-order valence-corrected chi connectivity index (χ3v) is 4.76. The third kappa shape index (κ3) is 3.94. The second kappa shape index (κ2) is 7.57. The quantitative estimate of drug-likeness (QED) is 0.714. The van der Waals surface area contributed by atoms with Crippen molar-refractivity contribution < 1.29 is 4.42 Å². The molecule has 5 heteroatoms. The van der Waals surface area contributed by atoms with Gasteiger partial charge >= 0.3 is 0 Å². The lowest BCUT2D eigenvalue weighted by molar-refractivity contribution is 0.195. The van der Waals surface area contributed by atoms with Gasteiger partial charge in [-0.25, -0.2) is 0 Å². The standard InChI is InChI=1S/C20H22N4O/c1-2-6-16(7-3-1)10-13-24-12-5-9-18(15-24)20-23-22-19(25-20)17-8-4-11-21-14-17/h1-4,6-8,11,14,18H,5,9-10,12-13,15H2/t18-/m1/s1. The zero-order chi connectivity index (χ0) is 16.9. The van der Waals surface area contributed by atoms with Crippen molar-refractivity contribution in [3.8, 4) is 11.5 Å². The fourth-order valence-electron chi connectivity index (χ4n) is 3.40. The zero-order valence-electron chi connectivity index (χ0n) is 14.2. The predicted molar refractivity (Wildman–Crippen MR) is 96.1 cm³/mol. The molecule has 3 aromatic rings. The van der Waals surface area contributed by atoms with Crippen LogP contribution in [0.1, 0.15) is 30.2 Å². The van der Waals surface area contributed by atoms with Crippen molar-refractivity contribution in [2.24, 2.45) is 0 Å². The summed E-state index contributed by atoms with van der Waals surface area (Å²) in [4.78, 5) is 6.62. The van der Waals surface area contributed by atoms with Crippen molar-refractivity contribution in [2.75, 3.05) is 19.6 Å². The van der Waals surface area contributed by atoms with Crippen molar-refractivity contribution in [2.45, 2.75) is 25.2 Å². The van der Waals surface area contributed by atoms with E-state index in [1.165, 1.54) is 12.0 Å². The molecule has 2 aromatic heterocycles. The van der Waals surface area contributed by atoms with E-state index in [-0.39, 0.29) is 0 Å². The van der Waals surface area contributed by atoms with Crippen molar-refractivity contribution in [1.29, 1.82) is 0 Å². The molecule has 1 saturated heterocycles. The maximum absolute atomic E-state index is 5.93. The Kier molecular flexibility index (Phi) is 4.84. The van der Waals surface area contributed by atoms with Gasteiger partial charge in [0.2, 0.25) is 11.8 Å². The van der Waals surface area contributed by atoms with Crippen LogP contribution in [-0.4, -0.2) is 39.7 Å². The molecule has 0 saturated carbocycles. The largest absolute Gasteiger partial charge is 0.420 e. The minimum Gasteiger partial charge on any atom is -0.420 e. The highest BCUT2D eigenvalue weighted by Crippen LogP contribution is 2.28. The Morgan fingerprint density at radius 3 is 2.84 bits per heavy atom. The maximum atomic E-state index is 5.93. The van der Waals surface area contributed by atoms with E-state index >= 15 is 0 Å². The molecule has 3 heterocycles. The van der Waals surface area contributed by atoms with Gasteiger partial charge in [-0.15, -0.1) is 10.2 Å². The number of benzene rings is 1. The molecule has 1 aliphatic heterocycles. The number of pyridine rings is 1. The molecule has 0 radical (unpaired) electrons. The van der Waals surface area contributed by atoms with Crippen molar-refractivity contribution in [1.82, 2.24) is 20.1 Å². The van der Waals surface area contributed by atoms with Gasteiger partial charge in [-0.05, 0) is 43.5 Å². The van der Waals surface area contributed by atoms with E-state index in [2.05, 4.69) is 50.4 Å². The van der Waals surface area contributed by atoms with Gasteiger partial charge in [-0.1, -0.05) is 30.3 Å². The van der Waals surface area contributed by atoms with E-state index in [4.69, 9.17) is 4.42 Å². The molecule has 1 aliphatic rings. The summed E-state index contributed by atoms with van der Waals surface area (Å²) in [7, 11) is 0. The normalized spacial score (nSPS) is 18.3. The number of nitrogens with zero attached hydrogens (tertiary/aromatic N) is 4. The van der Waals surface area contributed by atoms with Crippen LogP contribution in [0.3, 0.4) is 0 Å². The number of likely N-dealkylation sites (tertiary alicyclic amines) is 1.